The van der Waals surface area contributed by atoms with Crippen molar-refractivity contribution >= 4 is 5.91 Å². The van der Waals surface area contributed by atoms with E-state index in [1.54, 1.807) is 6.92 Å². The van der Waals surface area contributed by atoms with Crippen molar-refractivity contribution in [2.24, 2.45) is 0 Å². The smallest absolute Gasteiger partial charge is 0.274 e. The Hall–Kier alpha value is -3.95. The quantitative estimate of drug-likeness (QED) is 0.280. The molecule has 2 atom stereocenters. The fraction of sp³-hybridized carbons (Fsp3) is 0.276. The molecule has 38 heavy (non-hydrogen) atoms. The van der Waals surface area contributed by atoms with Gasteiger partial charge in [-0.1, -0.05) is 49.4 Å². The maximum Gasteiger partial charge on any atom is 0.274 e. The van der Waals surface area contributed by atoms with Crippen molar-refractivity contribution in [3.05, 3.63) is 113 Å². The Morgan fingerprint density at radius 3 is 2.37 bits per heavy atom. The first kappa shape index (κ1) is 27.1. The minimum absolute atomic E-state index is 0.0143. The molecule has 1 aromatic heterocycles. The predicted molar refractivity (Wildman–Crippen MR) is 141 cm³/mol. The first-order valence-electron chi connectivity index (χ1n) is 12.5. The van der Waals surface area contributed by atoms with Crippen LogP contribution in [0.15, 0.2) is 72.8 Å². The maximum atomic E-state index is 13.9. The van der Waals surface area contributed by atoms with E-state index < -0.39 is 29.7 Å². The molecule has 4 aromatic rings. The van der Waals surface area contributed by atoms with Crippen LogP contribution in [-0.4, -0.2) is 44.7 Å². The summed E-state index contributed by atoms with van der Waals surface area (Å²) in [5, 5.41) is 25.7. The van der Waals surface area contributed by atoms with Gasteiger partial charge in [0.05, 0.1) is 23.5 Å². The van der Waals surface area contributed by atoms with Gasteiger partial charge >= 0.3 is 0 Å². The second kappa shape index (κ2) is 12.5. The summed E-state index contributed by atoms with van der Waals surface area (Å²) < 4.78 is 27.7. The fourth-order valence-corrected chi connectivity index (χ4v) is 4.23. The van der Waals surface area contributed by atoms with Gasteiger partial charge in [-0.25, -0.2) is 8.78 Å². The number of para-hydroxylation sites is 1. The number of aromatic nitrogens is 3. The zero-order chi connectivity index (χ0) is 27.1. The van der Waals surface area contributed by atoms with Crippen molar-refractivity contribution in [3.63, 3.8) is 0 Å². The average Bonchev–Trinajstić information content (AvgIpc) is 3.30. The maximum absolute atomic E-state index is 13.9. The number of nitrogens with zero attached hydrogens (tertiary/aromatic N) is 3. The minimum Gasteiger partial charge on any atom is -0.390 e. The Morgan fingerprint density at radius 1 is 0.947 bits per heavy atom. The van der Waals surface area contributed by atoms with Gasteiger partial charge in [0.2, 0.25) is 0 Å². The Labute approximate surface area is 220 Å². The first-order chi connectivity index (χ1) is 18.3. The van der Waals surface area contributed by atoms with Crippen LogP contribution in [-0.2, 0) is 19.4 Å². The molecule has 1 amide bonds. The molecule has 0 unspecified atom stereocenters. The van der Waals surface area contributed by atoms with Gasteiger partial charge in [0.1, 0.15) is 11.6 Å². The highest BCUT2D eigenvalue weighted by atomic mass is 19.1. The summed E-state index contributed by atoms with van der Waals surface area (Å²) in [7, 11) is 0. The third-order valence-corrected chi connectivity index (χ3v) is 6.23. The van der Waals surface area contributed by atoms with Crippen LogP contribution in [0.2, 0.25) is 0 Å². The van der Waals surface area contributed by atoms with Crippen LogP contribution >= 0.6 is 0 Å². The van der Waals surface area contributed by atoms with Crippen LogP contribution < -0.4 is 10.6 Å². The van der Waals surface area contributed by atoms with E-state index in [1.165, 1.54) is 22.5 Å². The van der Waals surface area contributed by atoms with Crippen molar-refractivity contribution in [2.75, 3.05) is 6.54 Å². The third-order valence-electron chi connectivity index (χ3n) is 6.23. The largest absolute Gasteiger partial charge is 0.390 e. The molecule has 0 bridgehead atoms. The van der Waals surface area contributed by atoms with Crippen LogP contribution in [0.3, 0.4) is 0 Å². The Kier molecular flexibility index (Phi) is 8.93. The van der Waals surface area contributed by atoms with E-state index in [2.05, 4.69) is 39.9 Å². The predicted octanol–water partition coefficient (Wildman–Crippen LogP) is 3.91. The molecule has 0 saturated heterocycles. The topological polar surface area (TPSA) is 92.1 Å². The van der Waals surface area contributed by atoms with Gasteiger partial charge in [0, 0.05) is 19.2 Å². The molecule has 0 aliphatic heterocycles. The Bertz CT molecular complexity index is 1360. The number of amides is 1. The lowest BCUT2D eigenvalue weighted by molar-refractivity contribution is 0.0824. The molecule has 198 valence electrons. The highest BCUT2D eigenvalue weighted by molar-refractivity contribution is 5.93. The van der Waals surface area contributed by atoms with Gasteiger partial charge in [0.15, 0.2) is 5.69 Å². The molecule has 0 radical (unpaired) electrons. The summed E-state index contributed by atoms with van der Waals surface area (Å²) in [6.07, 6.45) is -0.118. The van der Waals surface area contributed by atoms with Crippen LogP contribution in [0.4, 0.5) is 8.78 Å². The lowest BCUT2D eigenvalue weighted by Crippen LogP contribution is -2.49. The van der Waals surface area contributed by atoms with Crippen molar-refractivity contribution < 1.29 is 18.7 Å². The van der Waals surface area contributed by atoms with Crippen LogP contribution in [0.5, 0.6) is 0 Å². The number of nitrogens with one attached hydrogen (secondary N) is 2. The molecule has 4 rings (SSSR count). The summed E-state index contributed by atoms with van der Waals surface area (Å²) in [5.41, 5.74) is 3.79. The molecule has 0 aliphatic carbocycles. The number of aliphatic hydroxyl groups excluding tert-OH is 1. The number of carbonyl (C=O) groups is 1. The molecule has 3 N–H and O–H groups in total. The van der Waals surface area contributed by atoms with Gasteiger partial charge in [-0.15, -0.1) is 5.10 Å². The number of halogens is 2. The summed E-state index contributed by atoms with van der Waals surface area (Å²) in [5.74, 6) is -1.99. The summed E-state index contributed by atoms with van der Waals surface area (Å²) in [6, 6.07) is 19.6. The number of hydrogen-bond acceptors (Lipinski definition) is 5. The van der Waals surface area contributed by atoms with Gasteiger partial charge in [0.25, 0.3) is 5.91 Å². The average molecular weight is 520 g/mol. The van der Waals surface area contributed by atoms with Crippen LogP contribution in [0.25, 0.3) is 5.69 Å². The SMILES string of the molecule is CCc1cccc(CNC[C@H](O)[C@H](Cc2cc(F)cc(F)c2)NC(=O)c2nn(-c3ccccc3)nc2C)c1. The highest BCUT2D eigenvalue weighted by Crippen LogP contribution is 2.14. The minimum atomic E-state index is -1.05. The van der Waals surface area contributed by atoms with E-state index >= 15 is 0 Å². The van der Waals surface area contributed by atoms with Crippen molar-refractivity contribution in [2.45, 2.75) is 45.4 Å². The standard InChI is InChI=1S/C29H31F2N5O2/c1-3-20-8-7-9-21(12-20)17-32-18-27(37)26(15-22-13-23(30)16-24(31)14-22)33-29(38)28-19(2)34-36(35-28)25-10-5-4-6-11-25/h4-14,16,26-27,32,37H,3,15,17-18H2,1-2H3,(H,33,38)/t26-,27-/m0/s1. The number of aliphatic hydroxyl groups is 1. The Morgan fingerprint density at radius 2 is 1.66 bits per heavy atom. The third kappa shape index (κ3) is 7.08. The molecule has 0 aliphatic rings. The van der Waals surface area contributed by atoms with Crippen molar-refractivity contribution in [3.8, 4) is 5.69 Å². The molecule has 0 spiro atoms. The molecule has 0 fully saturated rings. The molecule has 7 nitrogen and oxygen atoms in total. The zero-order valence-electron chi connectivity index (χ0n) is 21.4. The highest BCUT2D eigenvalue weighted by Gasteiger charge is 2.25. The van der Waals surface area contributed by atoms with E-state index in [0.29, 0.717) is 23.5 Å². The summed E-state index contributed by atoms with van der Waals surface area (Å²) in [6.45, 7) is 4.42. The second-order valence-corrected chi connectivity index (χ2v) is 9.19. The molecule has 0 saturated carbocycles. The molecule has 1 heterocycles. The lowest BCUT2D eigenvalue weighted by Gasteiger charge is -2.25. The monoisotopic (exact) mass is 519 g/mol. The van der Waals surface area contributed by atoms with E-state index in [9.17, 15) is 18.7 Å². The van der Waals surface area contributed by atoms with Gasteiger partial charge in [-0.2, -0.15) is 9.90 Å². The summed E-state index contributed by atoms with van der Waals surface area (Å²) in [4.78, 5) is 14.6. The number of benzene rings is 3. The number of aryl methyl sites for hydroxylation is 2. The molecule has 9 heteroatoms. The molecule has 3 aromatic carbocycles. The van der Waals surface area contributed by atoms with Crippen LogP contribution in [0.1, 0.15) is 39.8 Å². The molecular weight excluding hydrogens is 488 g/mol. The van der Waals surface area contributed by atoms with Gasteiger partial charge in [-0.05, 0) is 60.7 Å². The van der Waals surface area contributed by atoms with Gasteiger partial charge < -0.3 is 15.7 Å². The van der Waals surface area contributed by atoms with E-state index in [0.717, 1.165) is 18.1 Å². The number of carbonyl (C=O) groups excluding carboxylic acids is 1. The van der Waals surface area contributed by atoms with E-state index in [-0.39, 0.29) is 18.7 Å². The Balaban J connectivity index is 1.49. The molecular formula is C29H31F2N5O2. The second-order valence-electron chi connectivity index (χ2n) is 9.19. The van der Waals surface area contributed by atoms with E-state index in [4.69, 9.17) is 0 Å². The van der Waals surface area contributed by atoms with Crippen molar-refractivity contribution in [1.29, 1.82) is 0 Å². The number of hydrogen-bond donors (Lipinski definition) is 3. The zero-order valence-corrected chi connectivity index (χ0v) is 21.4. The van der Waals surface area contributed by atoms with Gasteiger partial charge in [-0.3, -0.25) is 4.79 Å². The summed E-state index contributed by atoms with van der Waals surface area (Å²) >= 11 is 0. The van der Waals surface area contributed by atoms with Crippen molar-refractivity contribution in [1.82, 2.24) is 25.6 Å². The fourth-order valence-electron chi connectivity index (χ4n) is 4.23. The van der Waals surface area contributed by atoms with Crippen LogP contribution in [0, 0.1) is 18.6 Å². The van der Waals surface area contributed by atoms with E-state index in [1.807, 2.05) is 42.5 Å². The normalized spacial score (nSPS) is 12.8. The lowest BCUT2D eigenvalue weighted by atomic mass is 10.00. The number of rotatable bonds is 11. The first-order valence-corrected chi connectivity index (χ1v) is 12.5.